The second kappa shape index (κ2) is 7.81. The topological polar surface area (TPSA) is 37.8 Å². The van der Waals surface area contributed by atoms with E-state index in [2.05, 4.69) is 34.0 Å². The van der Waals surface area contributed by atoms with E-state index in [1.807, 2.05) is 12.1 Å². The van der Waals surface area contributed by atoms with Crippen molar-refractivity contribution in [1.29, 1.82) is 0 Å². The van der Waals surface area contributed by atoms with Crippen LogP contribution in [0, 0.1) is 0 Å². The predicted molar refractivity (Wildman–Crippen MR) is 97.1 cm³/mol. The number of rotatable bonds is 6. The molecule has 0 atom stereocenters. The van der Waals surface area contributed by atoms with E-state index in [4.69, 9.17) is 9.47 Å². The molecule has 1 aliphatic rings. The van der Waals surface area contributed by atoms with Gasteiger partial charge in [-0.3, -0.25) is 0 Å². The van der Waals surface area contributed by atoms with E-state index in [0.29, 0.717) is 0 Å². The van der Waals surface area contributed by atoms with Crippen molar-refractivity contribution in [1.82, 2.24) is 14.8 Å². The molecular formula is C19H27N3O2. The molecule has 5 nitrogen and oxygen atoms in total. The van der Waals surface area contributed by atoms with Gasteiger partial charge in [0.1, 0.15) is 5.75 Å². The number of ether oxygens (including phenoxy) is 2. The fourth-order valence-corrected chi connectivity index (χ4v) is 3.22. The van der Waals surface area contributed by atoms with Crippen molar-refractivity contribution < 1.29 is 9.47 Å². The molecule has 1 saturated heterocycles. The Morgan fingerprint density at radius 3 is 2.54 bits per heavy atom. The van der Waals surface area contributed by atoms with Gasteiger partial charge in [-0.1, -0.05) is 0 Å². The first-order valence-corrected chi connectivity index (χ1v) is 8.62. The van der Waals surface area contributed by atoms with Gasteiger partial charge in [0.25, 0.3) is 0 Å². The Balaban J connectivity index is 1.67. The van der Waals surface area contributed by atoms with Gasteiger partial charge >= 0.3 is 0 Å². The van der Waals surface area contributed by atoms with Crippen molar-refractivity contribution in [2.75, 3.05) is 54.0 Å². The van der Waals surface area contributed by atoms with Crippen molar-refractivity contribution in [3.63, 3.8) is 0 Å². The van der Waals surface area contributed by atoms with Crippen LogP contribution in [-0.2, 0) is 6.42 Å². The smallest absolute Gasteiger partial charge is 0.216 e. The molecule has 2 aromatic rings. The summed E-state index contributed by atoms with van der Waals surface area (Å²) in [6, 6.07) is 8.19. The van der Waals surface area contributed by atoms with E-state index in [1.54, 1.807) is 14.2 Å². The van der Waals surface area contributed by atoms with Crippen LogP contribution in [0.1, 0.15) is 12.0 Å². The molecule has 1 aliphatic heterocycles. The Morgan fingerprint density at radius 1 is 1.04 bits per heavy atom. The molecule has 130 valence electrons. The minimum Gasteiger partial charge on any atom is -0.497 e. The van der Waals surface area contributed by atoms with Crippen LogP contribution in [0.25, 0.3) is 10.9 Å². The van der Waals surface area contributed by atoms with Gasteiger partial charge < -0.3 is 19.3 Å². The van der Waals surface area contributed by atoms with Crippen LogP contribution in [0.5, 0.6) is 11.6 Å². The highest BCUT2D eigenvalue weighted by Gasteiger charge is 2.14. The molecule has 0 spiro atoms. The van der Waals surface area contributed by atoms with Crippen LogP contribution in [0.4, 0.5) is 0 Å². The molecule has 0 N–H and O–H groups in total. The Kier molecular flexibility index (Phi) is 5.53. The SMILES string of the molecule is COc1ccc2cc(CCCN3CCN(C)CC3)c(OC)nc2c1. The molecule has 1 aromatic heterocycles. The van der Waals surface area contributed by atoms with E-state index in [1.165, 1.54) is 31.7 Å². The van der Waals surface area contributed by atoms with E-state index >= 15 is 0 Å². The van der Waals surface area contributed by atoms with Crippen LogP contribution in [-0.4, -0.2) is 68.8 Å². The van der Waals surface area contributed by atoms with Gasteiger partial charge in [-0.15, -0.1) is 0 Å². The summed E-state index contributed by atoms with van der Waals surface area (Å²) < 4.78 is 10.8. The predicted octanol–water partition coefficient (Wildman–Crippen LogP) is 2.43. The first-order valence-electron chi connectivity index (χ1n) is 8.62. The van der Waals surface area contributed by atoms with Crippen molar-refractivity contribution >= 4 is 10.9 Å². The summed E-state index contributed by atoms with van der Waals surface area (Å²) in [6.07, 6.45) is 2.12. The molecule has 2 heterocycles. The number of aryl methyl sites for hydroxylation is 1. The van der Waals surface area contributed by atoms with Crippen LogP contribution in [0.3, 0.4) is 0 Å². The number of nitrogens with zero attached hydrogens (tertiary/aromatic N) is 3. The molecule has 3 rings (SSSR count). The minimum atomic E-state index is 0.731. The zero-order valence-electron chi connectivity index (χ0n) is 14.9. The van der Waals surface area contributed by atoms with Crippen LogP contribution < -0.4 is 9.47 Å². The highest BCUT2D eigenvalue weighted by molar-refractivity contribution is 5.81. The number of hydrogen-bond donors (Lipinski definition) is 0. The molecule has 0 bridgehead atoms. The number of benzene rings is 1. The Hall–Kier alpha value is -1.85. The quantitative estimate of drug-likeness (QED) is 0.814. The molecule has 1 aromatic carbocycles. The lowest BCUT2D eigenvalue weighted by Crippen LogP contribution is -2.44. The summed E-state index contributed by atoms with van der Waals surface area (Å²) in [7, 11) is 5.56. The maximum Gasteiger partial charge on any atom is 0.216 e. The van der Waals surface area contributed by atoms with Gasteiger partial charge in [-0.2, -0.15) is 0 Å². The second-order valence-electron chi connectivity index (χ2n) is 6.46. The normalized spacial score (nSPS) is 16.5. The second-order valence-corrected chi connectivity index (χ2v) is 6.46. The average molecular weight is 329 g/mol. The summed E-state index contributed by atoms with van der Waals surface area (Å²) in [4.78, 5) is 9.59. The Bertz CT molecular complexity index is 682. The first-order chi connectivity index (χ1) is 11.7. The molecule has 0 saturated carbocycles. The third-order valence-corrected chi connectivity index (χ3v) is 4.77. The van der Waals surface area contributed by atoms with E-state index in [-0.39, 0.29) is 0 Å². The van der Waals surface area contributed by atoms with Gasteiger partial charge in [0.15, 0.2) is 0 Å². The third-order valence-electron chi connectivity index (χ3n) is 4.77. The number of aromatic nitrogens is 1. The molecule has 24 heavy (non-hydrogen) atoms. The first kappa shape index (κ1) is 17.0. The maximum atomic E-state index is 5.51. The molecule has 0 radical (unpaired) electrons. The van der Waals surface area contributed by atoms with Crippen LogP contribution in [0.15, 0.2) is 24.3 Å². The van der Waals surface area contributed by atoms with Gasteiger partial charge in [0.2, 0.25) is 5.88 Å². The van der Waals surface area contributed by atoms with Crippen LogP contribution in [0.2, 0.25) is 0 Å². The van der Waals surface area contributed by atoms with Crippen molar-refractivity contribution in [2.24, 2.45) is 0 Å². The minimum absolute atomic E-state index is 0.731. The molecule has 0 unspecified atom stereocenters. The molecule has 0 amide bonds. The number of pyridine rings is 1. The van der Waals surface area contributed by atoms with E-state index in [0.717, 1.165) is 41.9 Å². The molecular weight excluding hydrogens is 302 g/mol. The average Bonchev–Trinajstić information content (AvgIpc) is 2.62. The van der Waals surface area contributed by atoms with E-state index < -0.39 is 0 Å². The summed E-state index contributed by atoms with van der Waals surface area (Å²) >= 11 is 0. The highest BCUT2D eigenvalue weighted by Crippen LogP contribution is 2.26. The Labute approximate surface area is 144 Å². The molecule has 5 heteroatoms. The van der Waals surface area contributed by atoms with E-state index in [9.17, 15) is 0 Å². The van der Waals surface area contributed by atoms with Crippen molar-refractivity contribution in [3.05, 3.63) is 29.8 Å². The molecule has 1 fully saturated rings. The lowest BCUT2D eigenvalue weighted by molar-refractivity contribution is 0.153. The third kappa shape index (κ3) is 3.97. The highest BCUT2D eigenvalue weighted by atomic mass is 16.5. The lowest BCUT2D eigenvalue weighted by atomic mass is 10.1. The summed E-state index contributed by atoms with van der Waals surface area (Å²) in [6.45, 7) is 5.82. The molecule has 0 aliphatic carbocycles. The summed E-state index contributed by atoms with van der Waals surface area (Å²) in [5, 5.41) is 1.13. The number of hydrogen-bond acceptors (Lipinski definition) is 5. The monoisotopic (exact) mass is 329 g/mol. The van der Waals surface area contributed by atoms with Crippen LogP contribution >= 0.6 is 0 Å². The zero-order chi connectivity index (χ0) is 16.9. The fraction of sp³-hybridized carbons (Fsp3) is 0.526. The fourth-order valence-electron chi connectivity index (χ4n) is 3.22. The zero-order valence-corrected chi connectivity index (χ0v) is 14.9. The summed E-state index contributed by atoms with van der Waals surface area (Å²) in [5.74, 6) is 1.55. The standard InChI is InChI=1S/C19H27N3O2/c1-21-9-11-22(12-10-21)8-4-5-16-13-15-6-7-17(23-2)14-18(15)20-19(16)24-3/h6-7,13-14H,4-5,8-12H2,1-3H3. The maximum absolute atomic E-state index is 5.51. The van der Waals surface area contributed by atoms with Gasteiger partial charge in [-0.05, 0) is 44.6 Å². The number of fused-ring (bicyclic) bond motifs is 1. The Morgan fingerprint density at radius 2 is 1.83 bits per heavy atom. The van der Waals surface area contributed by atoms with Crippen molar-refractivity contribution in [2.45, 2.75) is 12.8 Å². The van der Waals surface area contributed by atoms with Gasteiger partial charge in [-0.25, -0.2) is 4.98 Å². The van der Waals surface area contributed by atoms with Gasteiger partial charge in [0, 0.05) is 43.2 Å². The number of piperazine rings is 1. The number of likely N-dealkylation sites (N-methyl/N-ethyl adjacent to an activating group) is 1. The lowest BCUT2D eigenvalue weighted by Gasteiger charge is -2.32. The van der Waals surface area contributed by atoms with Gasteiger partial charge in [0.05, 0.1) is 19.7 Å². The van der Waals surface area contributed by atoms with Crippen molar-refractivity contribution in [3.8, 4) is 11.6 Å². The summed E-state index contributed by atoms with van der Waals surface area (Å²) in [5.41, 5.74) is 2.10. The number of methoxy groups -OCH3 is 2. The largest absolute Gasteiger partial charge is 0.497 e.